The summed E-state index contributed by atoms with van der Waals surface area (Å²) in [6, 6.07) is 10.0. The molecule has 0 aliphatic rings. The summed E-state index contributed by atoms with van der Waals surface area (Å²) in [5.41, 5.74) is 1.24. The van der Waals surface area contributed by atoms with Crippen molar-refractivity contribution in [2.24, 2.45) is 4.99 Å². The molecule has 150 valence electrons. The molecule has 4 rings (SSSR count). The molecule has 0 amide bonds. The molecule has 0 atom stereocenters. The van der Waals surface area contributed by atoms with Crippen LogP contribution in [0.2, 0.25) is 5.02 Å². The van der Waals surface area contributed by atoms with Crippen LogP contribution < -0.4 is 0 Å². The van der Waals surface area contributed by atoms with Gasteiger partial charge in [0.25, 0.3) is 5.69 Å². The average Bonchev–Trinajstić information content (AvgIpc) is 3.13. The zero-order valence-corrected chi connectivity index (χ0v) is 15.6. The van der Waals surface area contributed by atoms with E-state index in [1.54, 1.807) is 18.2 Å². The van der Waals surface area contributed by atoms with E-state index >= 15 is 0 Å². The van der Waals surface area contributed by atoms with Crippen molar-refractivity contribution >= 4 is 40.3 Å². The number of non-ortho nitro benzene ring substituents is 1. The predicted octanol–water partition coefficient (Wildman–Crippen LogP) is 5.79. The van der Waals surface area contributed by atoms with E-state index in [-0.39, 0.29) is 33.5 Å². The van der Waals surface area contributed by atoms with Crippen LogP contribution in [-0.2, 0) is 0 Å². The molecule has 0 aliphatic heterocycles. The predicted molar refractivity (Wildman–Crippen MR) is 106 cm³/mol. The van der Waals surface area contributed by atoms with Crippen LogP contribution in [0.5, 0.6) is 5.75 Å². The summed E-state index contributed by atoms with van der Waals surface area (Å²) in [5, 5.41) is 20.7. The van der Waals surface area contributed by atoms with E-state index in [0.29, 0.717) is 16.8 Å². The number of aliphatic imine (C=N–C) groups is 1. The summed E-state index contributed by atoms with van der Waals surface area (Å²) in [4.78, 5) is 18.7. The van der Waals surface area contributed by atoms with Gasteiger partial charge < -0.3 is 9.52 Å². The van der Waals surface area contributed by atoms with Gasteiger partial charge in [-0.15, -0.1) is 0 Å². The average molecular weight is 430 g/mol. The number of rotatable bonds is 4. The standard InChI is InChI=1S/C20H10ClF2N3O4/c21-14-8-16(23)15(22)7-13(14)20-25-17-6-11(1-4-19(17)30-20)24-9-10-5-12(26(28)29)2-3-18(10)27/h1-9,27H. The number of hydrogen-bond donors (Lipinski definition) is 1. The maximum absolute atomic E-state index is 13.6. The van der Waals surface area contributed by atoms with E-state index in [2.05, 4.69) is 9.98 Å². The molecular weight excluding hydrogens is 420 g/mol. The molecule has 10 heteroatoms. The molecule has 7 nitrogen and oxygen atoms in total. The molecule has 0 bridgehead atoms. The minimum atomic E-state index is -1.08. The topological polar surface area (TPSA) is 102 Å². The highest BCUT2D eigenvalue weighted by Gasteiger charge is 2.16. The first-order valence-corrected chi connectivity index (χ1v) is 8.76. The number of halogens is 3. The van der Waals surface area contributed by atoms with Gasteiger partial charge in [-0.3, -0.25) is 15.1 Å². The fraction of sp³-hybridized carbons (Fsp3) is 0. The number of aromatic hydroxyl groups is 1. The zero-order chi connectivity index (χ0) is 21.4. The second-order valence-electron chi connectivity index (χ2n) is 6.18. The lowest BCUT2D eigenvalue weighted by atomic mass is 10.2. The molecule has 0 spiro atoms. The van der Waals surface area contributed by atoms with E-state index in [0.717, 1.165) is 12.1 Å². The number of phenols is 1. The highest BCUT2D eigenvalue weighted by Crippen LogP contribution is 2.33. The van der Waals surface area contributed by atoms with Gasteiger partial charge in [0.15, 0.2) is 17.2 Å². The second-order valence-corrected chi connectivity index (χ2v) is 6.58. The monoisotopic (exact) mass is 429 g/mol. The number of aromatic nitrogens is 1. The largest absolute Gasteiger partial charge is 0.507 e. The Morgan fingerprint density at radius 1 is 1.13 bits per heavy atom. The number of oxazole rings is 1. The third-order valence-electron chi connectivity index (χ3n) is 4.19. The van der Waals surface area contributed by atoms with Gasteiger partial charge in [-0.05, 0) is 36.4 Å². The Morgan fingerprint density at radius 3 is 2.67 bits per heavy atom. The maximum atomic E-state index is 13.6. The molecule has 3 aromatic carbocycles. The lowest BCUT2D eigenvalue weighted by Gasteiger charge is -2.00. The number of phenolic OH excluding ortho intramolecular Hbond substituents is 1. The van der Waals surface area contributed by atoms with Crippen LogP contribution >= 0.6 is 11.6 Å². The second kappa shape index (κ2) is 7.53. The first-order valence-electron chi connectivity index (χ1n) is 8.39. The van der Waals surface area contributed by atoms with Crippen LogP contribution in [0, 0.1) is 21.7 Å². The van der Waals surface area contributed by atoms with Gasteiger partial charge in [0.2, 0.25) is 5.89 Å². The first kappa shape index (κ1) is 19.5. The summed E-state index contributed by atoms with van der Waals surface area (Å²) in [5.74, 6) is -2.33. The Balaban J connectivity index is 1.68. The van der Waals surface area contributed by atoms with Gasteiger partial charge in [-0.25, -0.2) is 13.8 Å². The molecular formula is C20H10ClF2N3O4. The van der Waals surface area contributed by atoms with Crippen LogP contribution in [0.25, 0.3) is 22.6 Å². The SMILES string of the molecule is O=[N+]([O-])c1ccc(O)c(C=Nc2ccc3oc(-c4cc(F)c(F)cc4Cl)nc3c2)c1. The fourth-order valence-electron chi connectivity index (χ4n) is 2.70. The number of fused-ring (bicyclic) bond motifs is 1. The Kier molecular flexibility index (Phi) is 4.88. The normalized spacial score (nSPS) is 11.4. The number of nitro groups is 1. The summed E-state index contributed by atoms with van der Waals surface area (Å²) in [7, 11) is 0. The van der Waals surface area contributed by atoms with E-state index in [4.69, 9.17) is 16.0 Å². The van der Waals surface area contributed by atoms with Crippen molar-refractivity contribution in [2.75, 3.05) is 0 Å². The van der Waals surface area contributed by atoms with Crippen molar-refractivity contribution in [3.8, 4) is 17.2 Å². The molecule has 0 radical (unpaired) electrons. The molecule has 0 saturated heterocycles. The van der Waals surface area contributed by atoms with Gasteiger partial charge >= 0.3 is 0 Å². The molecule has 0 fully saturated rings. The van der Waals surface area contributed by atoms with Crippen molar-refractivity contribution in [3.05, 3.63) is 80.9 Å². The molecule has 1 aromatic heterocycles. The zero-order valence-electron chi connectivity index (χ0n) is 14.8. The number of hydrogen-bond acceptors (Lipinski definition) is 6. The molecule has 30 heavy (non-hydrogen) atoms. The molecule has 0 saturated carbocycles. The smallest absolute Gasteiger partial charge is 0.270 e. The number of benzene rings is 3. The lowest BCUT2D eigenvalue weighted by molar-refractivity contribution is -0.384. The van der Waals surface area contributed by atoms with Crippen LogP contribution in [0.15, 0.2) is 57.9 Å². The quantitative estimate of drug-likeness (QED) is 0.191. The summed E-state index contributed by atoms with van der Waals surface area (Å²) in [6.07, 6.45) is 1.27. The van der Waals surface area contributed by atoms with Crippen molar-refractivity contribution < 1.29 is 23.2 Å². The van der Waals surface area contributed by atoms with Crippen LogP contribution in [-0.4, -0.2) is 21.2 Å². The summed E-state index contributed by atoms with van der Waals surface area (Å²) >= 11 is 5.96. The molecule has 4 aromatic rings. The van der Waals surface area contributed by atoms with E-state index in [9.17, 15) is 24.0 Å². The summed E-state index contributed by atoms with van der Waals surface area (Å²) in [6.45, 7) is 0. The van der Waals surface area contributed by atoms with E-state index in [1.807, 2.05) is 0 Å². The third-order valence-corrected chi connectivity index (χ3v) is 4.50. The van der Waals surface area contributed by atoms with Gasteiger partial charge in [-0.2, -0.15) is 0 Å². The minimum Gasteiger partial charge on any atom is -0.507 e. The molecule has 1 heterocycles. The maximum Gasteiger partial charge on any atom is 0.270 e. The fourth-order valence-corrected chi connectivity index (χ4v) is 2.93. The van der Waals surface area contributed by atoms with Gasteiger partial charge in [0.05, 0.1) is 21.2 Å². The van der Waals surface area contributed by atoms with E-state index < -0.39 is 16.6 Å². The van der Waals surface area contributed by atoms with E-state index in [1.165, 1.54) is 24.4 Å². The highest BCUT2D eigenvalue weighted by atomic mass is 35.5. The highest BCUT2D eigenvalue weighted by molar-refractivity contribution is 6.33. The van der Waals surface area contributed by atoms with Crippen LogP contribution in [0.4, 0.5) is 20.2 Å². The summed E-state index contributed by atoms with van der Waals surface area (Å²) < 4.78 is 32.4. The molecule has 0 aliphatic carbocycles. The van der Waals surface area contributed by atoms with Crippen LogP contribution in [0.3, 0.4) is 0 Å². The number of nitro benzene ring substituents is 1. The van der Waals surface area contributed by atoms with Gasteiger partial charge in [-0.1, -0.05) is 11.6 Å². The Labute approximate surface area is 172 Å². The van der Waals surface area contributed by atoms with Crippen molar-refractivity contribution in [2.45, 2.75) is 0 Å². The minimum absolute atomic E-state index is 0.00589. The molecule has 0 unspecified atom stereocenters. The Hall–Kier alpha value is -3.85. The number of nitrogens with zero attached hydrogens (tertiary/aromatic N) is 3. The molecule has 1 N–H and O–H groups in total. The third kappa shape index (κ3) is 3.70. The first-order chi connectivity index (χ1) is 14.3. The van der Waals surface area contributed by atoms with Crippen molar-refractivity contribution in [3.63, 3.8) is 0 Å². The lowest BCUT2D eigenvalue weighted by Crippen LogP contribution is -1.90. The van der Waals surface area contributed by atoms with Crippen molar-refractivity contribution in [1.29, 1.82) is 0 Å². The Bertz CT molecular complexity index is 1340. The van der Waals surface area contributed by atoms with Crippen LogP contribution in [0.1, 0.15) is 5.56 Å². The Morgan fingerprint density at radius 2 is 1.90 bits per heavy atom. The van der Waals surface area contributed by atoms with Gasteiger partial charge in [0.1, 0.15) is 11.3 Å². The van der Waals surface area contributed by atoms with Crippen molar-refractivity contribution in [1.82, 2.24) is 4.98 Å². The van der Waals surface area contributed by atoms with Gasteiger partial charge in [0, 0.05) is 23.9 Å².